The molecule has 1 aliphatic heterocycles. The van der Waals surface area contributed by atoms with Crippen LogP contribution < -0.4 is 10.1 Å². The van der Waals surface area contributed by atoms with Crippen LogP contribution in [0.4, 0.5) is 0 Å². The van der Waals surface area contributed by atoms with Gasteiger partial charge in [-0.2, -0.15) is 4.31 Å². The first-order chi connectivity index (χ1) is 14.4. The van der Waals surface area contributed by atoms with Crippen LogP contribution in [0, 0.1) is 0 Å². The second kappa shape index (κ2) is 12.1. The molecule has 0 unspecified atom stereocenters. The summed E-state index contributed by atoms with van der Waals surface area (Å²) in [7, 11) is -3.30. The van der Waals surface area contributed by atoms with Crippen molar-refractivity contribution in [2.24, 2.45) is 4.99 Å². The second-order valence-corrected chi connectivity index (χ2v) is 9.46. The molecule has 1 saturated heterocycles. The van der Waals surface area contributed by atoms with Gasteiger partial charge in [-0.25, -0.2) is 13.4 Å². The van der Waals surface area contributed by atoms with Crippen LogP contribution in [0.3, 0.4) is 0 Å². The van der Waals surface area contributed by atoms with Crippen molar-refractivity contribution in [1.82, 2.24) is 14.5 Å². The lowest BCUT2D eigenvalue weighted by molar-refractivity contribution is 0.0904. The molecule has 0 spiro atoms. The predicted molar refractivity (Wildman–Crippen MR) is 120 cm³/mol. The minimum Gasteiger partial charge on any atom is -0.494 e. The lowest BCUT2D eigenvalue weighted by Gasteiger charge is -2.36. The fraction of sp³-hybridized carbons (Fsp3) is 0.667. The largest absolute Gasteiger partial charge is 0.494 e. The van der Waals surface area contributed by atoms with Crippen LogP contribution in [-0.2, 0) is 21.3 Å². The number of sulfonamides is 1. The third-order valence-electron chi connectivity index (χ3n) is 4.68. The van der Waals surface area contributed by atoms with Gasteiger partial charge in [-0.3, -0.25) is 0 Å². The van der Waals surface area contributed by atoms with Crippen molar-refractivity contribution >= 4 is 16.0 Å². The Labute approximate surface area is 181 Å². The second-order valence-electron chi connectivity index (χ2n) is 7.37. The molecule has 1 aromatic rings. The van der Waals surface area contributed by atoms with Crippen LogP contribution in [0.5, 0.6) is 5.75 Å². The number of piperazine rings is 1. The predicted octanol–water partition coefficient (Wildman–Crippen LogP) is 1.92. The van der Waals surface area contributed by atoms with Gasteiger partial charge in [0.15, 0.2) is 5.96 Å². The minimum absolute atomic E-state index is 0.0233. The molecule has 0 aromatic heterocycles. The zero-order valence-electron chi connectivity index (χ0n) is 18.6. The molecular formula is C21H36N4O4S. The lowest BCUT2D eigenvalue weighted by atomic mass is 10.2. The van der Waals surface area contributed by atoms with E-state index in [-0.39, 0.29) is 18.5 Å². The van der Waals surface area contributed by atoms with Gasteiger partial charge in [0, 0.05) is 32.7 Å². The highest BCUT2D eigenvalue weighted by molar-refractivity contribution is 7.89. The molecule has 1 aromatic carbocycles. The SMILES string of the molecule is CCNC(=NCc1cccc(OCC)c1)N1CCN(S(=O)(=O)CCOC(C)C)CC1. The Morgan fingerprint density at radius 2 is 1.93 bits per heavy atom. The van der Waals surface area contributed by atoms with Crippen LogP contribution in [0.15, 0.2) is 29.3 Å². The maximum Gasteiger partial charge on any atom is 0.216 e. The molecule has 1 N–H and O–H groups in total. The number of benzene rings is 1. The van der Waals surface area contributed by atoms with Gasteiger partial charge in [0.2, 0.25) is 10.0 Å². The summed E-state index contributed by atoms with van der Waals surface area (Å²) < 4.78 is 37.6. The zero-order valence-corrected chi connectivity index (χ0v) is 19.5. The fourth-order valence-electron chi connectivity index (χ4n) is 3.19. The quantitative estimate of drug-likeness (QED) is 0.442. The molecule has 1 heterocycles. The van der Waals surface area contributed by atoms with Crippen LogP contribution in [0.25, 0.3) is 0 Å². The van der Waals surface area contributed by atoms with E-state index >= 15 is 0 Å². The highest BCUT2D eigenvalue weighted by Gasteiger charge is 2.28. The van der Waals surface area contributed by atoms with Crippen molar-refractivity contribution in [1.29, 1.82) is 0 Å². The van der Waals surface area contributed by atoms with Gasteiger partial charge in [-0.1, -0.05) is 12.1 Å². The number of ether oxygens (including phenoxy) is 2. The average Bonchev–Trinajstić information content (AvgIpc) is 2.71. The number of hydrogen-bond acceptors (Lipinski definition) is 5. The number of aliphatic imine (C=N–C) groups is 1. The Balaban J connectivity index is 1.95. The van der Waals surface area contributed by atoms with Gasteiger partial charge in [-0.15, -0.1) is 0 Å². The van der Waals surface area contributed by atoms with E-state index in [1.165, 1.54) is 0 Å². The lowest BCUT2D eigenvalue weighted by Crippen LogP contribution is -2.54. The van der Waals surface area contributed by atoms with Crippen molar-refractivity contribution in [2.45, 2.75) is 40.3 Å². The van der Waals surface area contributed by atoms with E-state index in [1.54, 1.807) is 4.31 Å². The van der Waals surface area contributed by atoms with Gasteiger partial charge in [0.1, 0.15) is 5.75 Å². The Morgan fingerprint density at radius 1 is 1.20 bits per heavy atom. The normalized spacial score (nSPS) is 16.2. The summed E-state index contributed by atoms with van der Waals surface area (Å²) in [5.41, 5.74) is 1.07. The number of guanidine groups is 1. The van der Waals surface area contributed by atoms with Crippen molar-refractivity contribution in [2.75, 3.05) is 51.7 Å². The van der Waals surface area contributed by atoms with Gasteiger partial charge in [0.25, 0.3) is 0 Å². The highest BCUT2D eigenvalue weighted by Crippen LogP contribution is 2.15. The summed E-state index contributed by atoms with van der Waals surface area (Å²) in [6.07, 6.45) is 0.0326. The first-order valence-corrected chi connectivity index (χ1v) is 12.3. The molecule has 170 valence electrons. The van der Waals surface area contributed by atoms with Crippen LogP contribution in [-0.4, -0.2) is 81.4 Å². The molecule has 8 nitrogen and oxygen atoms in total. The van der Waals surface area contributed by atoms with Crippen LogP contribution in [0.2, 0.25) is 0 Å². The highest BCUT2D eigenvalue weighted by atomic mass is 32.2. The van der Waals surface area contributed by atoms with E-state index in [2.05, 4.69) is 10.2 Å². The summed E-state index contributed by atoms with van der Waals surface area (Å²) in [5.74, 6) is 1.67. The Kier molecular flexibility index (Phi) is 9.87. The first-order valence-electron chi connectivity index (χ1n) is 10.7. The molecule has 0 aliphatic carbocycles. The smallest absolute Gasteiger partial charge is 0.216 e. The molecular weight excluding hydrogens is 404 g/mol. The molecule has 0 saturated carbocycles. The molecule has 2 rings (SSSR count). The standard InChI is InChI=1S/C21H36N4O4S/c1-5-22-21(23-17-19-8-7-9-20(16-19)28-6-2)24-10-12-25(13-11-24)30(26,27)15-14-29-18(3)4/h7-9,16,18H,5-6,10-15,17H2,1-4H3,(H,22,23). The van der Waals surface area contributed by atoms with E-state index < -0.39 is 10.0 Å². The van der Waals surface area contributed by atoms with Crippen molar-refractivity contribution in [3.63, 3.8) is 0 Å². The molecule has 0 radical (unpaired) electrons. The number of nitrogens with one attached hydrogen (secondary N) is 1. The Bertz CT molecular complexity index is 775. The summed E-state index contributed by atoms with van der Waals surface area (Å²) in [6.45, 7) is 12.1. The zero-order chi connectivity index (χ0) is 22.0. The molecule has 1 aliphatic rings. The third kappa shape index (κ3) is 7.77. The van der Waals surface area contributed by atoms with Crippen molar-refractivity contribution < 1.29 is 17.9 Å². The monoisotopic (exact) mass is 440 g/mol. The van der Waals surface area contributed by atoms with E-state index in [0.29, 0.717) is 39.3 Å². The van der Waals surface area contributed by atoms with E-state index in [9.17, 15) is 8.42 Å². The first kappa shape index (κ1) is 24.4. The summed E-state index contributed by atoms with van der Waals surface area (Å²) in [6, 6.07) is 7.93. The van der Waals surface area contributed by atoms with E-state index in [1.807, 2.05) is 52.0 Å². The van der Waals surface area contributed by atoms with Crippen LogP contribution >= 0.6 is 0 Å². The molecule has 0 atom stereocenters. The number of hydrogen-bond donors (Lipinski definition) is 1. The number of rotatable bonds is 10. The molecule has 0 amide bonds. The Hall–Kier alpha value is -1.84. The molecule has 30 heavy (non-hydrogen) atoms. The summed E-state index contributed by atoms with van der Waals surface area (Å²) in [4.78, 5) is 6.87. The van der Waals surface area contributed by atoms with Gasteiger partial charge in [0.05, 0.1) is 31.6 Å². The third-order valence-corrected chi connectivity index (χ3v) is 6.51. The minimum atomic E-state index is -3.30. The van der Waals surface area contributed by atoms with Gasteiger partial charge < -0.3 is 19.7 Å². The van der Waals surface area contributed by atoms with Crippen molar-refractivity contribution in [3.05, 3.63) is 29.8 Å². The summed E-state index contributed by atoms with van der Waals surface area (Å²) in [5, 5.41) is 3.32. The van der Waals surface area contributed by atoms with Crippen molar-refractivity contribution in [3.8, 4) is 5.75 Å². The van der Waals surface area contributed by atoms with Crippen LogP contribution in [0.1, 0.15) is 33.3 Å². The summed E-state index contributed by atoms with van der Waals surface area (Å²) >= 11 is 0. The molecule has 9 heteroatoms. The average molecular weight is 441 g/mol. The molecule has 0 bridgehead atoms. The maximum atomic E-state index is 12.5. The number of nitrogens with zero attached hydrogens (tertiary/aromatic N) is 3. The van der Waals surface area contributed by atoms with Gasteiger partial charge in [-0.05, 0) is 45.4 Å². The molecule has 1 fully saturated rings. The Morgan fingerprint density at radius 3 is 2.57 bits per heavy atom. The van der Waals surface area contributed by atoms with E-state index in [0.717, 1.165) is 23.8 Å². The fourth-order valence-corrected chi connectivity index (χ4v) is 4.47. The topological polar surface area (TPSA) is 83.5 Å². The van der Waals surface area contributed by atoms with Gasteiger partial charge >= 0.3 is 0 Å². The maximum absolute atomic E-state index is 12.5. The van der Waals surface area contributed by atoms with E-state index in [4.69, 9.17) is 14.5 Å².